The van der Waals surface area contributed by atoms with Gasteiger partial charge >= 0.3 is 0 Å². The van der Waals surface area contributed by atoms with Crippen molar-refractivity contribution >= 4 is 11.6 Å². The Kier molecular flexibility index (Phi) is 2.69. The van der Waals surface area contributed by atoms with Crippen molar-refractivity contribution in [1.29, 1.82) is 0 Å². The Bertz CT molecular complexity index is 508. The molecular weight excluding hydrogens is 234 g/mol. The number of rotatable bonds is 3. The maximum atomic E-state index is 6.23. The van der Waals surface area contributed by atoms with Gasteiger partial charge in [-0.25, -0.2) is 0 Å². The minimum atomic E-state index is -0.0218. The van der Waals surface area contributed by atoms with E-state index >= 15 is 0 Å². The van der Waals surface area contributed by atoms with Crippen molar-refractivity contribution in [2.75, 3.05) is 0 Å². The van der Waals surface area contributed by atoms with Gasteiger partial charge in [0.2, 0.25) is 0 Å². The van der Waals surface area contributed by atoms with Crippen LogP contribution in [0.4, 0.5) is 0 Å². The summed E-state index contributed by atoms with van der Waals surface area (Å²) in [4.78, 5) is 0. The molecule has 3 atom stereocenters. The molecule has 0 bridgehead atoms. The van der Waals surface area contributed by atoms with E-state index in [1.54, 1.807) is 6.26 Å². The highest BCUT2D eigenvalue weighted by Crippen LogP contribution is 2.53. The van der Waals surface area contributed by atoms with Crippen LogP contribution in [0, 0.1) is 5.92 Å². The predicted molar refractivity (Wildman–Crippen MR) is 67.9 cm³/mol. The summed E-state index contributed by atoms with van der Waals surface area (Å²) < 4.78 is 5.09. The molecule has 2 aromatic rings. The van der Waals surface area contributed by atoms with Crippen molar-refractivity contribution in [3.63, 3.8) is 0 Å². The molecule has 1 heterocycles. The van der Waals surface area contributed by atoms with E-state index in [0.29, 0.717) is 17.1 Å². The van der Waals surface area contributed by atoms with Gasteiger partial charge in [-0.15, -0.1) is 0 Å². The number of benzene rings is 1. The normalized spacial score (nSPS) is 24.6. The van der Waals surface area contributed by atoms with Crippen LogP contribution in [-0.2, 0) is 0 Å². The van der Waals surface area contributed by atoms with Gasteiger partial charge in [-0.2, -0.15) is 0 Å². The van der Waals surface area contributed by atoms with Crippen LogP contribution in [0.25, 0.3) is 0 Å². The molecule has 1 saturated carbocycles. The van der Waals surface area contributed by atoms with Gasteiger partial charge in [-0.05, 0) is 41.5 Å². The first-order valence-electron chi connectivity index (χ1n) is 5.81. The Morgan fingerprint density at radius 3 is 2.65 bits per heavy atom. The maximum Gasteiger partial charge on any atom is 0.197 e. The fourth-order valence-electron chi connectivity index (χ4n) is 2.47. The van der Waals surface area contributed by atoms with E-state index in [-0.39, 0.29) is 6.04 Å². The summed E-state index contributed by atoms with van der Waals surface area (Å²) in [6, 6.07) is 12.3. The Morgan fingerprint density at radius 2 is 2.00 bits per heavy atom. The maximum absolute atomic E-state index is 6.23. The zero-order valence-corrected chi connectivity index (χ0v) is 10.1. The minimum absolute atomic E-state index is 0.0218. The van der Waals surface area contributed by atoms with Crippen molar-refractivity contribution in [1.82, 2.24) is 0 Å². The SMILES string of the molecule is NC(c1ccoc1Cl)C1CC1c1ccccc1. The lowest BCUT2D eigenvalue weighted by molar-refractivity contribution is 0.550. The zero-order chi connectivity index (χ0) is 11.8. The Morgan fingerprint density at radius 1 is 1.24 bits per heavy atom. The molecule has 3 unspecified atom stereocenters. The van der Waals surface area contributed by atoms with E-state index in [2.05, 4.69) is 24.3 Å². The first kappa shape index (κ1) is 10.9. The van der Waals surface area contributed by atoms with E-state index in [0.717, 1.165) is 12.0 Å². The van der Waals surface area contributed by atoms with Gasteiger partial charge in [0, 0.05) is 11.6 Å². The third-order valence-electron chi connectivity index (χ3n) is 3.53. The molecule has 0 amide bonds. The largest absolute Gasteiger partial charge is 0.453 e. The number of hydrogen-bond acceptors (Lipinski definition) is 2. The molecule has 1 fully saturated rings. The number of nitrogens with two attached hydrogens (primary N) is 1. The van der Waals surface area contributed by atoms with Crippen molar-refractivity contribution in [2.45, 2.75) is 18.4 Å². The van der Waals surface area contributed by atoms with Crippen LogP contribution < -0.4 is 5.73 Å². The van der Waals surface area contributed by atoms with E-state index in [1.807, 2.05) is 12.1 Å². The molecule has 2 nitrogen and oxygen atoms in total. The van der Waals surface area contributed by atoms with E-state index < -0.39 is 0 Å². The van der Waals surface area contributed by atoms with Gasteiger partial charge in [-0.3, -0.25) is 0 Å². The monoisotopic (exact) mass is 247 g/mol. The highest BCUT2D eigenvalue weighted by atomic mass is 35.5. The van der Waals surface area contributed by atoms with Gasteiger partial charge in [-0.1, -0.05) is 30.3 Å². The van der Waals surface area contributed by atoms with E-state index in [1.165, 1.54) is 5.56 Å². The third kappa shape index (κ3) is 1.99. The quantitative estimate of drug-likeness (QED) is 0.898. The van der Waals surface area contributed by atoms with Gasteiger partial charge in [0.25, 0.3) is 0 Å². The second-order valence-electron chi connectivity index (χ2n) is 4.59. The van der Waals surface area contributed by atoms with Gasteiger partial charge in [0.1, 0.15) is 0 Å². The molecule has 3 heteroatoms. The van der Waals surface area contributed by atoms with Crippen molar-refractivity contribution in [2.24, 2.45) is 11.7 Å². The predicted octanol–water partition coefficient (Wildman–Crippen LogP) is 3.74. The van der Waals surface area contributed by atoms with Crippen molar-refractivity contribution in [3.05, 3.63) is 59.0 Å². The van der Waals surface area contributed by atoms with Gasteiger partial charge < -0.3 is 10.2 Å². The molecule has 3 rings (SSSR count). The number of furan rings is 1. The Balaban J connectivity index is 1.75. The molecule has 0 saturated heterocycles. The summed E-state index contributed by atoms with van der Waals surface area (Å²) in [5.41, 5.74) is 8.52. The molecule has 2 N–H and O–H groups in total. The molecule has 17 heavy (non-hydrogen) atoms. The molecule has 1 aliphatic rings. The van der Waals surface area contributed by atoms with Crippen LogP contribution in [-0.4, -0.2) is 0 Å². The average molecular weight is 248 g/mol. The summed E-state index contributed by atoms with van der Waals surface area (Å²) in [5, 5.41) is 0.427. The molecule has 1 aromatic heterocycles. The molecule has 1 aromatic carbocycles. The minimum Gasteiger partial charge on any atom is -0.453 e. The van der Waals surface area contributed by atoms with Gasteiger partial charge in [0.05, 0.1) is 6.26 Å². The molecule has 1 aliphatic carbocycles. The molecular formula is C14H14ClNO. The number of halogens is 1. The lowest BCUT2D eigenvalue weighted by atomic mass is 10.0. The Hall–Kier alpha value is -1.25. The van der Waals surface area contributed by atoms with Crippen molar-refractivity contribution < 1.29 is 4.42 Å². The van der Waals surface area contributed by atoms with Crippen LogP contribution in [0.15, 0.2) is 47.1 Å². The smallest absolute Gasteiger partial charge is 0.197 e. The molecule has 0 aliphatic heterocycles. The highest BCUT2D eigenvalue weighted by molar-refractivity contribution is 6.29. The van der Waals surface area contributed by atoms with E-state index in [9.17, 15) is 0 Å². The summed E-state index contributed by atoms with van der Waals surface area (Å²) in [7, 11) is 0. The summed E-state index contributed by atoms with van der Waals surface area (Å²) in [6.07, 6.45) is 2.73. The first-order chi connectivity index (χ1) is 8.27. The van der Waals surface area contributed by atoms with Crippen LogP contribution in [0.2, 0.25) is 5.22 Å². The second kappa shape index (κ2) is 4.21. The van der Waals surface area contributed by atoms with E-state index in [4.69, 9.17) is 21.8 Å². The zero-order valence-electron chi connectivity index (χ0n) is 9.34. The Labute approximate surface area is 105 Å². The summed E-state index contributed by atoms with van der Waals surface area (Å²) in [5.74, 6) is 1.05. The topological polar surface area (TPSA) is 39.2 Å². The average Bonchev–Trinajstić information content (AvgIpc) is 3.05. The standard InChI is InChI=1S/C14H14ClNO/c15-14-10(6-7-17-14)13(16)12-8-11(12)9-4-2-1-3-5-9/h1-7,11-13H,8,16H2. The fraction of sp³-hybridized carbons (Fsp3) is 0.286. The number of hydrogen-bond donors (Lipinski definition) is 1. The highest BCUT2D eigenvalue weighted by Gasteiger charge is 2.43. The van der Waals surface area contributed by atoms with Crippen LogP contribution in [0.3, 0.4) is 0 Å². The second-order valence-corrected chi connectivity index (χ2v) is 4.94. The third-order valence-corrected chi connectivity index (χ3v) is 3.84. The first-order valence-corrected chi connectivity index (χ1v) is 6.18. The van der Waals surface area contributed by atoms with Crippen LogP contribution >= 0.6 is 11.6 Å². The summed E-state index contributed by atoms with van der Waals surface area (Å²) in [6.45, 7) is 0. The molecule has 88 valence electrons. The van der Waals surface area contributed by atoms with Crippen LogP contribution in [0.1, 0.15) is 29.5 Å². The lowest BCUT2D eigenvalue weighted by Gasteiger charge is -2.09. The lowest BCUT2D eigenvalue weighted by Crippen LogP contribution is -2.13. The molecule has 0 radical (unpaired) electrons. The van der Waals surface area contributed by atoms with Gasteiger partial charge in [0.15, 0.2) is 5.22 Å². The summed E-state index contributed by atoms with van der Waals surface area (Å²) >= 11 is 5.95. The van der Waals surface area contributed by atoms with Crippen molar-refractivity contribution in [3.8, 4) is 0 Å². The fourth-order valence-corrected chi connectivity index (χ4v) is 2.71. The van der Waals surface area contributed by atoms with Crippen LogP contribution in [0.5, 0.6) is 0 Å². The molecule has 0 spiro atoms.